The number of nitrogens with zero attached hydrogens (tertiary/aromatic N) is 4. The predicted molar refractivity (Wildman–Crippen MR) is 310 cm³/mol. The van der Waals surface area contributed by atoms with Gasteiger partial charge in [-0.2, -0.15) is 0 Å². The lowest BCUT2D eigenvalue weighted by Crippen LogP contribution is -2.24. The Morgan fingerprint density at radius 1 is 0.288 bits per heavy atom. The van der Waals surface area contributed by atoms with E-state index in [4.69, 9.17) is 0 Å². The summed E-state index contributed by atoms with van der Waals surface area (Å²) in [6.07, 6.45) is 0. The number of anilines is 10. The summed E-state index contributed by atoms with van der Waals surface area (Å²) in [5.74, 6) is 0. The highest BCUT2D eigenvalue weighted by atomic mass is 15.3. The molecule has 4 nitrogen and oxygen atoms in total. The molecule has 346 valence electrons. The van der Waals surface area contributed by atoms with Crippen molar-refractivity contribution in [2.75, 3.05) is 33.7 Å². The molecule has 0 unspecified atom stereocenters. The molecule has 0 spiro atoms. The Labute approximate surface area is 425 Å². The van der Waals surface area contributed by atoms with Crippen molar-refractivity contribution in [2.45, 2.75) is 19.3 Å². The van der Waals surface area contributed by atoms with E-state index in [0.29, 0.717) is 0 Å². The fraction of sp³-hybridized carbons (Fsp3) is 0.0725. The summed E-state index contributed by atoms with van der Waals surface area (Å²) in [5.41, 5.74) is 21.6. The third-order valence-corrected chi connectivity index (χ3v) is 16.4. The van der Waals surface area contributed by atoms with E-state index in [1.807, 2.05) is 0 Å². The van der Waals surface area contributed by atoms with Crippen molar-refractivity contribution < 1.29 is 0 Å². The summed E-state index contributed by atoms with van der Waals surface area (Å²) < 4.78 is 0. The van der Waals surface area contributed by atoms with Crippen LogP contribution in [0.15, 0.2) is 231 Å². The zero-order chi connectivity index (χ0) is 48.7. The molecule has 0 bridgehead atoms. The average Bonchev–Trinajstić information content (AvgIpc) is 3.67. The molecule has 2 aliphatic heterocycles. The Hall–Kier alpha value is -9.12. The number of hydrogen-bond donors (Lipinski definition) is 0. The summed E-state index contributed by atoms with van der Waals surface area (Å²) in [6, 6.07) is 86.4. The average molecular weight is 935 g/mol. The first-order chi connectivity index (χ1) is 35.8. The number of benzene rings is 12. The first-order valence-electron chi connectivity index (χ1n) is 25.5. The van der Waals surface area contributed by atoms with Crippen LogP contribution in [0.2, 0.25) is 0 Å². The predicted octanol–water partition coefficient (Wildman–Crippen LogP) is 19.0. The fourth-order valence-electron chi connectivity index (χ4n) is 13.0. The largest absolute Gasteiger partial charge is 0.341 e. The zero-order valence-electron chi connectivity index (χ0n) is 41.2. The quantitative estimate of drug-likeness (QED) is 0.129. The van der Waals surface area contributed by atoms with E-state index in [-0.39, 0.29) is 5.41 Å². The van der Waals surface area contributed by atoms with Crippen LogP contribution in [0.25, 0.3) is 76.5 Å². The van der Waals surface area contributed by atoms with Crippen LogP contribution >= 0.6 is 0 Å². The van der Waals surface area contributed by atoms with Crippen molar-refractivity contribution >= 4 is 100.0 Å². The van der Waals surface area contributed by atoms with Crippen molar-refractivity contribution in [3.8, 4) is 33.4 Å². The molecular weight excluding hydrogens is 885 g/mol. The van der Waals surface area contributed by atoms with Crippen LogP contribution in [-0.4, -0.2) is 14.1 Å². The molecular formula is C69H50N4. The Bertz CT molecular complexity index is 4220. The van der Waals surface area contributed by atoms with E-state index in [1.165, 1.54) is 110 Å². The number of rotatable bonds is 4. The third-order valence-electron chi connectivity index (χ3n) is 16.4. The van der Waals surface area contributed by atoms with Gasteiger partial charge in [0.15, 0.2) is 0 Å². The van der Waals surface area contributed by atoms with E-state index in [2.05, 4.69) is 278 Å². The number of fused-ring (bicyclic) bond motifs is 12. The topological polar surface area (TPSA) is 13.0 Å². The Morgan fingerprint density at radius 2 is 0.726 bits per heavy atom. The first kappa shape index (κ1) is 41.6. The molecule has 73 heavy (non-hydrogen) atoms. The van der Waals surface area contributed by atoms with Crippen molar-refractivity contribution in [1.82, 2.24) is 0 Å². The summed E-state index contributed by atoms with van der Waals surface area (Å²) in [5, 5.41) is 9.81. The third kappa shape index (κ3) is 5.89. The summed E-state index contributed by atoms with van der Waals surface area (Å²) in [6.45, 7) is 4.79. The Morgan fingerprint density at radius 3 is 1.30 bits per heavy atom. The Balaban J connectivity index is 1.09. The van der Waals surface area contributed by atoms with Gasteiger partial charge in [-0.25, -0.2) is 0 Å². The minimum atomic E-state index is -0.175. The smallest absolute Gasteiger partial charge is 0.0699 e. The molecule has 12 aromatic carbocycles. The van der Waals surface area contributed by atoms with Gasteiger partial charge in [0, 0.05) is 30.9 Å². The van der Waals surface area contributed by atoms with Crippen LogP contribution in [0.1, 0.15) is 25.0 Å². The van der Waals surface area contributed by atoms with Crippen LogP contribution in [0.4, 0.5) is 56.9 Å². The van der Waals surface area contributed by atoms with E-state index in [1.54, 1.807) is 0 Å². The van der Waals surface area contributed by atoms with Crippen molar-refractivity contribution in [3.63, 3.8) is 0 Å². The molecule has 3 aliphatic rings. The van der Waals surface area contributed by atoms with Crippen molar-refractivity contribution in [2.24, 2.45) is 0 Å². The van der Waals surface area contributed by atoms with E-state index < -0.39 is 0 Å². The molecule has 0 fully saturated rings. The monoisotopic (exact) mass is 934 g/mol. The molecule has 0 saturated heterocycles. The molecule has 0 aromatic heterocycles. The number of para-hydroxylation sites is 8. The van der Waals surface area contributed by atoms with Crippen LogP contribution in [0.3, 0.4) is 0 Å². The van der Waals surface area contributed by atoms with E-state index in [0.717, 1.165) is 34.1 Å². The summed E-state index contributed by atoms with van der Waals surface area (Å²) in [7, 11) is 4.36. The summed E-state index contributed by atoms with van der Waals surface area (Å²) in [4.78, 5) is 9.58. The van der Waals surface area contributed by atoms with Crippen LogP contribution in [-0.2, 0) is 5.41 Å². The van der Waals surface area contributed by atoms with Gasteiger partial charge >= 0.3 is 0 Å². The molecule has 4 heteroatoms. The normalized spacial score (nSPS) is 14.0. The molecule has 0 atom stereocenters. The lowest BCUT2D eigenvalue weighted by Gasteiger charge is -2.39. The van der Waals surface area contributed by atoms with Gasteiger partial charge in [0.05, 0.1) is 45.5 Å². The van der Waals surface area contributed by atoms with Gasteiger partial charge in [-0.05, 0) is 173 Å². The zero-order valence-corrected chi connectivity index (χ0v) is 41.2. The van der Waals surface area contributed by atoms with Crippen LogP contribution in [0.5, 0.6) is 0 Å². The maximum atomic E-state index is 2.52. The highest BCUT2D eigenvalue weighted by Gasteiger charge is 2.36. The van der Waals surface area contributed by atoms with Crippen molar-refractivity contribution in [3.05, 3.63) is 242 Å². The maximum absolute atomic E-state index is 2.52. The number of hydrogen-bond acceptors (Lipinski definition) is 4. The van der Waals surface area contributed by atoms with Gasteiger partial charge < -0.3 is 19.6 Å². The molecule has 0 N–H and O–H groups in total. The van der Waals surface area contributed by atoms with Crippen LogP contribution in [0, 0.1) is 0 Å². The molecule has 12 aromatic rings. The Kier molecular flexibility index (Phi) is 8.81. The molecule has 15 rings (SSSR count). The second-order valence-corrected chi connectivity index (χ2v) is 20.6. The SMILES string of the molecule is CN1c2ccccc2N(c2ccc3c(-c4cc5ccccc5c5ccccc45)c4cc(N5c6ccccc6N(C)c6ccccc65)ccc4c(-c4ccc5c(c4)C(C)(C)c4ccccc4-5)c3c2)c2ccccc21. The molecule has 0 saturated carbocycles. The van der Waals surface area contributed by atoms with E-state index >= 15 is 0 Å². The highest BCUT2D eigenvalue weighted by molar-refractivity contribution is 6.27. The second-order valence-electron chi connectivity index (χ2n) is 20.6. The van der Waals surface area contributed by atoms with Gasteiger partial charge in [-0.3, -0.25) is 0 Å². The fourth-order valence-corrected chi connectivity index (χ4v) is 13.0. The molecule has 2 heterocycles. The standard InChI is InChI=1S/C69H50N4/c1-69(2)57-24-10-9-23-50(57)51-36-33-44(40-58(51)69)67-52-37-34-46(73-65-31-17-13-27-61(65)71(4)62-28-14-18-32-66(62)73)42-56(52)68(54-39-43-19-5-6-20-47(43)48-21-7-8-22-49(48)54)53-38-35-45(41-55(53)67)72-63-29-15-11-25-59(63)70(3)60-26-12-16-30-64(60)72/h5-42H,1-4H3. The van der Waals surface area contributed by atoms with Gasteiger partial charge in [0.1, 0.15) is 0 Å². The van der Waals surface area contributed by atoms with Gasteiger partial charge in [0.25, 0.3) is 0 Å². The minimum Gasteiger partial charge on any atom is -0.341 e. The molecule has 0 amide bonds. The molecule has 1 aliphatic carbocycles. The maximum Gasteiger partial charge on any atom is 0.0699 e. The lowest BCUT2D eigenvalue weighted by atomic mass is 9.80. The van der Waals surface area contributed by atoms with Gasteiger partial charge in [-0.1, -0.05) is 159 Å². The minimum absolute atomic E-state index is 0.175. The first-order valence-corrected chi connectivity index (χ1v) is 25.5. The second kappa shape index (κ2) is 15.4. The van der Waals surface area contributed by atoms with Crippen molar-refractivity contribution in [1.29, 1.82) is 0 Å². The lowest BCUT2D eigenvalue weighted by molar-refractivity contribution is 0.660. The molecule has 0 radical (unpaired) electrons. The summed E-state index contributed by atoms with van der Waals surface area (Å²) >= 11 is 0. The van der Waals surface area contributed by atoms with Crippen LogP contribution < -0.4 is 19.6 Å². The van der Waals surface area contributed by atoms with Gasteiger partial charge in [0.2, 0.25) is 0 Å². The van der Waals surface area contributed by atoms with Gasteiger partial charge in [-0.15, -0.1) is 0 Å². The highest BCUT2D eigenvalue weighted by Crippen LogP contribution is 2.57. The van der Waals surface area contributed by atoms with E-state index in [9.17, 15) is 0 Å².